The van der Waals surface area contributed by atoms with E-state index in [4.69, 9.17) is 11.6 Å². The van der Waals surface area contributed by atoms with Crippen molar-refractivity contribution in [3.05, 3.63) is 29.0 Å². The van der Waals surface area contributed by atoms with Gasteiger partial charge in [-0.1, -0.05) is 25.4 Å². The average Bonchev–Trinajstić information content (AvgIpc) is 3.07. The van der Waals surface area contributed by atoms with E-state index in [1.807, 2.05) is 12.1 Å². The van der Waals surface area contributed by atoms with Crippen molar-refractivity contribution >= 4 is 11.6 Å². The van der Waals surface area contributed by atoms with Crippen LogP contribution < -0.4 is 0 Å². The SMILES string of the molecule is CC(C)CCN(Cc1cc(Cl)ccn1)C1CC1. The lowest BCUT2D eigenvalue weighted by atomic mass is 10.1. The van der Waals surface area contributed by atoms with Gasteiger partial charge in [-0.2, -0.15) is 0 Å². The quantitative estimate of drug-likeness (QED) is 0.767. The maximum atomic E-state index is 5.99. The van der Waals surface area contributed by atoms with Gasteiger partial charge in [-0.25, -0.2) is 0 Å². The van der Waals surface area contributed by atoms with Crippen molar-refractivity contribution in [3.63, 3.8) is 0 Å². The van der Waals surface area contributed by atoms with Crippen LogP contribution in [-0.2, 0) is 6.54 Å². The number of rotatable bonds is 6. The molecule has 1 aliphatic rings. The van der Waals surface area contributed by atoms with Gasteiger partial charge >= 0.3 is 0 Å². The molecule has 2 rings (SSSR count). The van der Waals surface area contributed by atoms with Crippen LogP contribution in [0.4, 0.5) is 0 Å². The summed E-state index contributed by atoms with van der Waals surface area (Å²) in [6.07, 6.45) is 5.75. The summed E-state index contributed by atoms with van der Waals surface area (Å²) in [6.45, 7) is 6.68. The first-order valence-corrected chi connectivity index (χ1v) is 6.87. The number of pyridine rings is 1. The van der Waals surface area contributed by atoms with Gasteiger partial charge in [0.15, 0.2) is 0 Å². The highest BCUT2D eigenvalue weighted by molar-refractivity contribution is 6.30. The van der Waals surface area contributed by atoms with Crippen LogP contribution in [-0.4, -0.2) is 22.5 Å². The molecule has 17 heavy (non-hydrogen) atoms. The monoisotopic (exact) mass is 252 g/mol. The lowest BCUT2D eigenvalue weighted by molar-refractivity contribution is 0.237. The summed E-state index contributed by atoms with van der Waals surface area (Å²) in [5, 5.41) is 0.787. The van der Waals surface area contributed by atoms with Crippen LogP contribution >= 0.6 is 11.6 Å². The molecular formula is C14H21ClN2. The Morgan fingerprint density at radius 1 is 1.47 bits per heavy atom. The molecule has 1 aliphatic carbocycles. The minimum atomic E-state index is 0.767. The van der Waals surface area contributed by atoms with Crippen LogP contribution in [0, 0.1) is 5.92 Å². The first-order valence-electron chi connectivity index (χ1n) is 6.49. The molecule has 94 valence electrons. The molecule has 0 radical (unpaired) electrons. The zero-order valence-corrected chi connectivity index (χ0v) is 11.5. The minimum Gasteiger partial charge on any atom is -0.295 e. The summed E-state index contributed by atoms with van der Waals surface area (Å²) < 4.78 is 0. The molecule has 1 aromatic heterocycles. The summed E-state index contributed by atoms with van der Waals surface area (Å²) in [5.74, 6) is 0.767. The lowest BCUT2D eigenvalue weighted by Crippen LogP contribution is -2.28. The predicted molar refractivity (Wildman–Crippen MR) is 72.1 cm³/mol. The van der Waals surface area contributed by atoms with Crippen molar-refractivity contribution in [2.24, 2.45) is 5.92 Å². The lowest BCUT2D eigenvalue weighted by Gasteiger charge is -2.22. The topological polar surface area (TPSA) is 16.1 Å². The molecule has 0 unspecified atom stereocenters. The maximum absolute atomic E-state index is 5.99. The third-order valence-corrected chi connectivity index (χ3v) is 3.44. The normalized spacial score (nSPS) is 15.8. The van der Waals surface area contributed by atoms with E-state index in [9.17, 15) is 0 Å². The molecule has 1 fully saturated rings. The van der Waals surface area contributed by atoms with Gasteiger partial charge in [-0.05, 0) is 43.9 Å². The third kappa shape index (κ3) is 4.29. The Balaban J connectivity index is 1.93. The number of halogens is 1. The van der Waals surface area contributed by atoms with Crippen molar-refractivity contribution in [2.75, 3.05) is 6.54 Å². The van der Waals surface area contributed by atoms with E-state index in [1.165, 1.54) is 25.8 Å². The van der Waals surface area contributed by atoms with Crippen molar-refractivity contribution < 1.29 is 0 Å². The second-order valence-electron chi connectivity index (χ2n) is 5.35. The van der Waals surface area contributed by atoms with E-state index >= 15 is 0 Å². The summed E-state index contributed by atoms with van der Waals surface area (Å²) >= 11 is 5.99. The molecule has 3 heteroatoms. The second kappa shape index (κ2) is 5.83. The molecule has 0 bridgehead atoms. The zero-order valence-electron chi connectivity index (χ0n) is 10.7. The predicted octanol–water partition coefficient (Wildman–Crippen LogP) is 3.75. The molecule has 2 nitrogen and oxygen atoms in total. The van der Waals surface area contributed by atoms with Crippen LogP contribution in [0.15, 0.2) is 18.3 Å². The molecular weight excluding hydrogens is 232 g/mol. The summed E-state index contributed by atoms with van der Waals surface area (Å²) in [6, 6.07) is 4.60. The molecule has 0 spiro atoms. The Hall–Kier alpha value is -0.600. The van der Waals surface area contributed by atoms with Gasteiger partial charge in [0.25, 0.3) is 0 Å². The first kappa shape index (κ1) is 12.8. The number of hydrogen-bond acceptors (Lipinski definition) is 2. The highest BCUT2D eigenvalue weighted by Gasteiger charge is 2.28. The van der Waals surface area contributed by atoms with E-state index < -0.39 is 0 Å². The van der Waals surface area contributed by atoms with Gasteiger partial charge in [0.1, 0.15) is 0 Å². The average molecular weight is 253 g/mol. The van der Waals surface area contributed by atoms with Gasteiger partial charge < -0.3 is 0 Å². The molecule has 0 aromatic carbocycles. The zero-order chi connectivity index (χ0) is 12.3. The van der Waals surface area contributed by atoms with Gasteiger partial charge in [-0.15, -0.1) is 0 Å². The number of aromatic nitrogens is 1. The number of nitrogens with zero attached hydrogens (tertiary/aromatic N) is 2. The summed E-state index contributed by atoms with van der Waals surface area (Å²) in [5.41, 5.74) is 1.09. The molecule has 1 aromatic rings. The second-order valence-corrected chi connectivity index (χ2v) is 5.79. The molecule has 0 atom stereocenters. The van der Waals surface area contributed by atoms with Crippen LogP contribution in [0.25, 0.3) is 0 Å². The molecule has 1 heterocycles. The Kier molecular flexibility index (Phi) is 4.41. The highest BCUT2D eigenvalue weighted by Crippen LogP contribution is 2.28. The standard InChI is InChI=1S/C14H21ClN2/c1-11(2)6-8-17(14-3-4-14)10-13-9-12(15)5-7-16-13/h5,7,9,11,14H,3-4,6,8,10H2,1-2H3. The third-order valence-electron chi connectivity index (χ3n) is 3.20. The fourth-order valence-electron chi connectivity index (χ4n) is 2.00. The maximum Gasteiger partial charge on any atom is 0.0558 e. The van der Waals surface area contributed by atoms with Gasteiger partial charge in [0.2, 0.25) is 0 Å². The van der Waals surface area contributed by atoms with Crippen LogP contribution in [0.3, 0.4) is 0 Å². The summed E-state index contributed by atoms with van der Waals surface area (Å²) in [4.78, 5) is 6.94. The Labute approximate surface area is 109 Å². The van der Waals surface area contributed by atoms with Gasteiger partial charge in [0, 0.05) is 23.8 Å². The van der Waals surface area contributed by atoms with Gasteiger partial charge in [0.05, 0.1) is 5.69 Å². The van der Waals surface area contributed by atoms with E-state index in [2.05, 4.69) is 23.7 Å². The highest BCUT2D eigenvalue weighted by atomic mass is 35.5. The molecule has 1 saturated carbocycles. The first-order chi connectivity index (χ1) is 8.15. The summed E-state index contributed by atoms with van der Waals surface area (Å²) in [7, 11) is 0. The van der Waals surface area contributed by atoms with E-state index in [0.717, 1.165) is 29.2 Å². The smallest absolute Gasteiger partial charge is 0.0558 e. The largest absolute Gasteiger partial charge is 0.295 e. The van der Waals surface area contributed by atoms with E-state index in [-0.39, 0.29) is 0 Å². The molecule has 0 aliphatic heterocycles. The fourth-order valence-corrected chi connectivity index (χ4v) is 2.18. The van der Waals surface area contributed by atoms with Crippen molar-refractivity contribution in [1.29, 1.82) is 0 Å². The molecule has 0 N–H and O–H groups in total. The van der Waals surface area contributed by atoms with Crippen LogP contribution in [0.5, 0.6) is 0 Å². The fraction of sp³-hybridized carbons (Fsp3) is 0.643. The van der Waals surface area contributed by atoms with E-state index in [0.29, 0.717) is 0 Å². The van der Waals surface area contributed by atoms with Gasteiger partial charge in [-0.3, -0.25) is 9.88 Å². The Morgan fingerprint density at radius 2 is 2.24 bits per heavy atom. The minimum absolute atomic E-state index is 0.767. The van der Waals surface area contributed by atoms with Crippen LogP contribution in [0.1, 0.15) is 38.8 Å². The van der Waals surface area contributed by atoms with Crippen molar-refractivity contribution in [1.82, 2.24) is 9.88 Å². The number of hydrogen-bond donors (Lipinski definition) is 0. The van der Waals surface area contributed by atoms with Crippen LogP contribution in [0.2, 0.25) is 5.02 Å². The van der Waals surface area contributed by atoms with Crippen molar-refractivity contribution in [3.8, 4) is 0 Å². The molecule has 0 saturated heterocycles. The molecule has 0 amide bonds. The Morgan fingerprint density at radius 3 is 2.82 bits per heavy atom. The van der Waals surface area contributed by atoms with Crippen molar-refractivity contribution in [2.45, 2.75) is 45.7 Å². The van der Waals surface area contributed by atoms with E-state index in [1.54, 1.807) is 6.20 Å². The Bertz CT molecular complexity index is 361.